The van der Waals surface area contributed by atoms with Crippen LogP contribution in [0.4, 0.5) is 0 Å². The minimum atomic E-state index is 0.0555. The van der Waals surface area contributed by atoms with Gasteiger partial charge in [0.15, 0.2) is 4.77 Å². The third-order valence-corrected chi connectivity index (χ3v) is 6.91. The number of nitrogens with zero attached hydrogens (tertiary/aromatic N) is 1. The Balaban J connectivity index is 2.00. The van der Waals surface area contributed by atoms with Gasteiger partial charge in [-0.1, -0.05) is 0 Å². The SMILES string of the molecule is O=c1c2sccc2[nH]c(=S)n1CC1CSCCS1. The smallest absolute Gasteiger partial charge is 0.272 e. The molecule has 3 heterocycles. The summed E-state index contributed by atoms with van der Waals surface area (Å²) < 4.78 is 3.04. The van der Waals surface area contributed by atoms with E-state index in [4.69, 9.17) is 12.2 Å². The van der Waals surface area contributed by atoms with Crippen molar-refractivity contribution in [1.82, 2.24) is 9.55 Å². The normalized spacial score (nSPS) is 20.3. The monoisotopic (exact) mass is 316 g/mol. The van der Waals surface area contributed by atoms with Gasteiger partial charge in [0.25, 0.3) is 5.56 Å². The van der Waals surface area contributed by atoms with Crippen LogP contribution in [0.25, 0.3) is 10.2 Å². The van der Waals surface area contributed by atoms with Crippen molar-refractivity contribution >= 4 is 57.3 Å². The van der Waals surface area contributed by atoms with Crippen LogP contribution < -0.4 is 5.56 Å². The highest BCUT2D eigenvalue weighted by Crippen LogP contribution is 2.25. The van der Waals surface area contributed by atoms with Gasteiger partial charge < -0.3 is 4.98 Å². The van der Waals surface area contributed by atoms with Gasteiger partial charge in [0.1, 0.15) is 4.70 Å². The Hall–Kier alpha value is -0.240. The molecule has 0 spiro atoms. The third-order valence-electron chi connectivity index (χ3n) is 2.86. The van der Waals surface area contributed by atoms with Crippen molar-refractivity contribution in [1.29, 1.82) is 0 Å². The molecule has 2 aromatic heterocycles. The van der Waals surface area contributed by atoms with Gasteiger partial charge in [0.05, 0.1) is 5.52 Å². The zero-order valence-electron chi connectivity index (χ0n) is 9.55. The second kappa shape index (κ2) is 5.40. The molecule has 1 unspecified atom stereocenters. The molecule has 1 N–H and O–H groups in total. The Morgan fingerprint density at radius 2 is 2.39 bits per heavy atom. The van der Waals surface area contributed by atoms with Crippen molar-refractivity contribution in [2.24, 2.45) is 0 Å². The Bertz CT molecular complexity index is 665. The van der Waals surface area contributed by atoms with Crippen LogP contribution in [-0.2, 0) is 6.54 Å². The average molecular weight is 316 g/mol. The maximum absolute atomic E-state index is 12.4. The fraction of sp³-hybridized carbons (Fsp3) is 0.455. The molecular formula is C11H12N2OS4. The molecule has 1 saturated heterocycles. The van der Waals surface area contributed by atoms with Crippen LogP contribution in [0, 0.1) is 4.77 Å². The van der Waals surface area contributed by atoms with E-state index in [-0.39, 0.29) is 5.56 Å². The van der Waals surface area contributed by atoms with Crippen LogP contribution in [0.1, 0.15) is 0 Å². The second-order valence-electron chi connectivity index (χ2n) is 4.08. The van der Waals surface area contributed by atoms with E-state index in [0.717, 1.165) is 22.5 Å². The standard InChI is InChI=1S/C11H12N2OS4/c14-10-9-8(1-2-18-9)12-11(15)13(10)5-7-6-16-3-4-17-7/h1-2,7H,3-6H2,(H,12,15). The van der Waals surface area contributed by atoms with E-state index in [2.05, 4.69) is 4.98 Å². The number of hydrogen-bond donors (Lipinski definition) is 1. The molecule has 0 radical (unpaired) electrons. The molecule has 1 aliphatic heterocycles. The molecule has 7 heteroatoms. The molecule has 1 aliphatic rings. The van der Waals surface area contributed by atoms with Gasteiger partial charge in [-0.25, -0.2) is 0 Å². The van der Waals surface area contributed by atoms with Gasteiger partial charge in [-0.15, -0.1) is 11.3 Å². The Labute approximate surface area is 122 Å². The van der Waals surface area contributed by atoms with E-state index in [1.54, 1.807) is 4.57 Å². The first-order valence-corrected chi connectivity index (χ1v) is 9.14. The molecule has 0 aliphatic carbocycles. The van der Waals surface area contributed by atoms with Crippen molar-refractivity contribution in [3.8, 4) is 0 Å². The van der Waals surface area contributed by atoms with Gasteiger partial charge in [-0.05, 0) is 23.7 Å². The van der Waals surface area contributed by atoms with E-state index in [1.165, 1.54) is 22.8 Å². The van der Waals surface area contributed by atoms with Crippen molar-refractivity contribution in [2.75, 3.05) is 17.3 Å². The summed E-state index contributed by atoms with van der Waals surface area (Å²) in [5.74, 6) is 3.49. The lowest BCUT2D eigenvalue weighted by Crippen LogP contribution is -2.29. The number of hydrogen-bond acceptors (Lipinski definition) is 5. The molecule has 18 heavy (non-hydrogen) atoms. The molecule has 0 bridgehead atoms. The number of H-pyrrole nitrogens is 1. The Morgan fingerprint density at radius 3 is 3.17 bits per heavy atom. The van der Waals surface area contributed by atoms with Crippen LogP contribution in [0.3, 0.4) is 0 Å². The second-order valence-corrected chi connectivity index (χ2v) is 7.94. The molecule has 0 saturated carbocycles. The summed E-state index contributed by atoms with van der Waals surface area (Å²) in [7, 11) is 0. The molecule has 1 fully saturated rings. The van der Waals surface area contributed by atoms with Gasteiger partial charge in [-0.2, -0.15) is 23.5 Å². The number of nitrogens with one attached hydrogen (secondary N) is 1. The summed E-state index contributed by atoms with van der Waals surface area (Å²) in [6, 6.07) is 1.91. The summed E-state index contributed by atoms with van der Waals surface area (Å²) in [6.07, 6.45) is 0. The first kappa shape index (κ1) is 12.8. The topological polar surface area (TPSA) is 37.8 Å². The quantitative estimate of drug-likeness (QED) is 0.865. The van der Waals surface area contributed by atoms with Gasteiger partial charge in [0.2, 0.25) is 0 Å². The van der Waals surface area contributed by atoms with Gasteiger partial charge in [0, 0.05) is 29.1 Å². The van der Waals surface area contributed by atoms with Crippen molar-refractivity contribution in [2.45, 2.75) is 11.8 Å². The van der Waals surface area contributed by atoms with Gasteiger partial charge in [-0.3, -0.25) is 9.36 Å². The zero-order chi connectivity index (χ0) is 12.5. The van der Waals surface area contributed by atoms with Crippen LogP contribution in [0.5, 0.6) is 0 Å². The van der Waals surface area contributed by atoms with Crippen molar-refractivity contribution in [3.63, 3.8) is 0 Å². The van der Waals surface area contributed by atoms with Crippen molar-refractivity contribution < 1.29 is 0 Å². The number of rotatable bonds is 2. The maximum atomic E-state index is 12.4. The lowest BCUT2D eigenvalue weighted by atomic mass is 10.4. The highest BCUT2D eigenvalue weighted by Gasteiger charge is 2.17. The minimum Gasteiger partial charge on any atom is -0.331 e. The molecule has 0 aromatic carbocycles. The third kappa shape index (κ3) is 2.41. The highest BCUT2D eigenvalue weighted by molar-refractivity contribution is 8.06. The Kier molecular flexibility index (Phi) is 3.83. The fourth-order valence-electron chi connectivity index (χ4n) is 1.98. The van der Waals surface area contributed by atoms with Crippen LogP contribution in [0.2, 0.25) is 0 Å². The summed E-state index contributed by atoms with van der Waals surface area (Å²) in [5.41, 5.74) is 0.914. The lowest BCUT2D eigenvalue weighted by Gasteiger charge is -2.21. The van der Waals surface area contributed by atoms with E-state index >= 15 is 0 Å². The van der Waals surface area contributed by atoms with Crippen molar-refractivity contribution in [3.05, 3.63) is 26.6 Å². The van der Waals surface area contributed by atoms with Gasteiger partial charge >= 0.3 is 0 Å². The first-order chi connectivity index (χ1) is 8.75. The summed E-state index contributed by atoms with van der Waals surface area (Å²) in [5, 5.41) is 2.42. The van der Waals surface area contributed by atoms with E-state index in [9.17, 15) is 4.79 Å². The highest BCUT2D eigenvalue weighted by atomic mass is 32.2. The van der Waals surface area contributed by atoms with E-state index in [0.29, 0.717) is 10.0 Å². The molecule has 3 rings (SSSR count). The summed E-state index contributed by atoms with van der Waals surface area (Å²) >= 11 is 10.7. The zero-order valence-corrected chi connectivity index (χ0v) is 12.8. The minimum absolute atomic E-state index is 0.0555. The summed E-state index contributed by atoms with van der Waals surface area (Å²) in [6.45, 7) is 0.722. The van der Waals surface area contributed by atoms with Crippen LogP contribution in [-0.4, -0.2) is 32.1 Å². The number of fused-ring (bicyclic) bond motifs is 1. The lowest BCUT2D eigenvalue weighted by molar-refractivity contribution is 0.653. The molecule has 96 valence electrons. The molecule has 2 aromatic rings. The molecule has 3 nitrogen and oxygen atoms in total. The van der Waals surface area contributed by atoms with E-state index in [1.807, 2.05) is 35.0 Å². The first-order valence-electron chi connectivity index (χ1n) is 5.65. The fourth-order valence-corrected chi connectivity index (χ4v) is 5.70. The average Bonchev–Trinajstić information content (AvgIpc) is 2.84. The number of aromatic amines is 1. The predicted octanol–water partition coefficient (Wildman–Crippen LogP) is 2.97. The molecular weight excluding hydrogens is 304 g/mol. The Morgan fingerprint density at radius 1 is 1.50 bits per heavy atom. The molecule has 0 amide bonds. The number of thiophene rings is 1. The number of aromatic nitrogens is 2. The van der Waals surface area contributed by atoms with Crippen LogP contribution in [0.15, 0.2) is 16.2 Å². The summed E-state index contributed by atoms with van der Waals surface area (Å²) in [4.78, 5) is 15.5. The molecule has 1 atom stereocenters. The number of thioether (sulfide) groups is 2. The van der Waals surface area contributed by atoms with E-state index < -0.39 is 0 Å². The largest absolute Gasteiger partial charge is 0.331 e. The predicted molar refractivity (Wildman–Crippen MR) is 84.8 cm³/mol. The maximum Gasteiger partial charge on any atom is 0.272 e. The van der Waals surface area contributed by atoms with Crippen LogP contribution >= 0.6 is 47.1 Å².